The maximum absolute atomic E-state index is 13.4. The molecule has 4 nitrogen and oxygen atoms in total. The number of nitrogens with one attached hydrogen (secondary N) is 1. The second-order valence-corrected chi connectivity index (χ2v) is 5.22. The second-order valence-electron chi connectivity index (χ2n) is 4.20. The summed E-state index contributed by atoms with van der Waals surface area (Å²) in [6, 6.07) is 9.96. The number of methoxy groups -OCH3 is 1. The van der Waals surface area contributed by atoms with Crippen LogP contribution in [0.1, 0.15) is 5.56 Å². The summed E-state index contributed by atoms with van der Waals surface area (Å²) in [6.07, 6.45) is 1.64. The fraction of sp³-hybridized carbons (Fsp3) is 0.200. The summed E-state index contributed by atoms with van der Waals surface area (Å²) >= 11 is 1.17. The lowest BCUT2D eigenvalue weighted by atomic mass is 10.3. The first-order valence-corrected chi connectivity index (χ1v) is 7.30. The predicted octanol–water partition coefficient (Wildman–Crippen LogP) is 2.64. The number of amides is 1. The van der Waals surface area contributed by atoms with E-state index in [9.17, 15) is 9.18 Å². The molecule has 0 saturated carbocycles. The van der Waals surface area contributed by atoms with E-state index in [1.807, 2.05) is 6.07 Å². The van der Waals surface area contributed by atoms with Crippen molar-refractivity contribution in [2.45, 2.75) is 11.4 Å². The standard InChI is InChI=1S/C15H15FN2O2S/c1-20-15-7-6-11(9-18-15)8-17-14(19)10-21-13-5-3-2-4-12(13)16/h2-7,9H,8,10H2,1H3,(H,17,19). The molecule has 1 N–H and O–H groups in total. The molecule has 0 atom stereocenters. The summed E-state index contributed by atoms with van der Waals surface area (Å²) in [5, 5.41) is 2.76. The van der Waals surface area contributed by atoms with Crippen molar-refractivity contribution in [1.82, 2.24) is 10.3 Å². The minimum Gasteiger partial charge on any atom is -0.481 e. The van der Waals surface area contributed by atoms with E-state index in [-0.39, 0.29) is 17.5 Å². The monoisotopic (exact) mass is 306 g/mol. The molecular formula is C15H15FN2O2S. The molecule has 0 aliphatic carbocycles. The van der Waals surface area contributed by atoms with Crippen molar-refractivity contribution in [1.29, 1.82) is 0 Å². The molecular weight excluding hydrogens is 291 g/mol. The number of thioether (sulfide) groups is 1. The number of carbonyl (C=O) groups excluding carboxylic acids is 1. The van der Waals surface area contributed by atoms with E-state index >= 15 is 0 Å². The van der Waals surface area contributed by atoms with Gasteiger partial charge in [0, 0.05) is 23.7 Å². The number of halogens is 1. The van der Waals surface area contributed by atoms with E-state index in [4.69, 9.17) is 4.74 Å². The van der Waals surface area contributed by atoms with E-state index in [2.05, 4.69) is 10.3 Å². The van der Waals surface area contributed by atoms with E-state index in [0.29, 0.717) is 17.3 Å². The average molecular weight is 306 g/mol. The first-order chi connectivity index (χ1) is 10.2. The summed E-state index contributed by atoms with van der Waals surface area (Å²) in [5.41, 5.74) is 0.875. The van der Waals surface area contributed by atoms with Gasteiger partial charge in [-0.3, -0.25) is 4.79 Å². The van der Waals surface area contributed by atoms with Crippen LogP contribution in [0.3, 0.4) is 0 Å². The van der Waals surface area contributed by atoms with Gasteiger partial charge >= 0.3 is 0 Å². The Morgan fingerprint density at radius 3 is 2.81 bits per heavy atom. The molecule has 21 heavy (non-hydrogen) atoms. The van der Waals surface area contributed by atoms with Crippen LogP contribution in [0.2, 0.25) is 0 Å². The molecule has 0 unspecified atom stereocenters. The largest absolute Gasteiger partial charge is 0.481 e. The van der Waals surface area contributed by atoms with Gasteiger partial charge in [-0.1, -0.05) is 18.2 Å². The number of rotatable bonds is 6. The Morgan fingerprint density at radius 2 is 2.14 bits per heavy atom. The lowest BCUT2D eigenvalue weighted by molar-refractivity contribution is -0.118. The number of nitrogens with zero attached hydrogens (tertiary/aromatic N) is 1. The number of carbonyl (C=O) groups is 1. The van der Waals surface area contributed by atoms with Crippen molar-refractivity contribution < 1.29 is 13.9 Å². The van der Waals surface area contributed by atoms with Gasteiger partial charge in [-0.2, -0.15) is 0 Å². The highest BCUT2D eigenvalue weighted by atomic mass is 32.2. The molecule has 1 aromatic heterocycles. The SMILES string of the molecule is COc1ccc(CNC(=O)CSc2ccccc2F)cn1. The van der Waals surface area contributed by atoms with Crippen LogP contribution in [-0.2, 0) is 11.3 Å². The normalized spacial score (nSPS) is 10.2. The molecule has 6 heteroatoms. The highest BCUT2D eigenvalue weighted by Crippen LogP contribution is 2.20. The molecule has 110 valence electrons. The molecule has 1 amide bonds. The van der Waals surface area contributed by atoms with E-state index < -0.39 is 0 Å². The summed E-state index contributed by atoms with van der Waals surface area (Å²) in [4.78, 5) is 16.2. The average Bonchev–Trinajstić information content (AvgIpc) is 2.52. The molecule has 0 aliphatic rings. The zero-order chi connectivity index (χ0) is 15.1. The van der Waals surface area contributed by atoms with Gasteiger partial charge in [0.05, 0.1) is 12.9 Å². The minimum absolute atomic E-state index is 0.154. The van der Waals surface area contributed by atoms with Gasteiger partial charge in [0.25, 0.3) is 0 Å². The molecule has 2 rings (SSSR count). The highest BCUT2D eigenvalue weighted by molar-refractivity contribution is 8.00. The molecule has 2 aromatic rings. The van der Waals surface area contributed by atoms with Crippen molar-refractivity contribution in [3.63, 3.8) is 0 Å². The zero-order valence-corrected chi connectivity index (χ0v) is 12.3. The molecule has 1 heterocycles. The van der Waals surface area contributed by atoms with Crippen LogP contribution in [0, 0.1) is 5.82 Å². The van der Waals surface area contributed by atoms with Crippen LogP contribution in [0.15, 0.2) is 47.5 Å². The third-order valence-corrected chi connectivity index (χ3v) is 3.74. The summed E-state index contributed by atoms with van der Waals surface area (Å²) < 4.78 is 18.3. The molecule has 0 saturated heterocycles. The fourth-order valence-corrected chi connectivity index (χ4v) is 2.36. The number of benzene rings is 1. The van der Waals surface area contributed by atoms with Crippen LogP contribution >= 0.6 is 11.8 Å². The van der Waals surface area contributed by atoms with E-state index in [1.165, 1.54) is 17.8 Å². The molecule has 0 fully saturated rings. The Kier molecular flexibility index (Phi) is 5.57. The Labute approximate surface area is 126 Å². The maximum Gasteiger partial charge on any atom is 0.230 e. The van der Waals surface area contributed by atoms with E-state index in [1.54, 1.807) is 37.6 Å². The zero-order valence-electron chi connectivity index (χ0n) is 11.5. The molecule has 0 bridgehead atoms. The van der Waals surface area contributed by atoms with Gasteiger partial charge in [0.15, 0.2) is 0 Å². The number of hydrogen-bond donors (Lipinski definition) is 1. The lowest BCUT2D eigenvalue weighted by Crippen LogP contribution is -2.24. The highest BCUT2D eigenvalue weighted by Gasteiger charge is 2.06. The van der Waals surface area contributed by atoms with Crippen molar-refractivity contribution >= 4 is 17.7 Å². The molecule has 1 aromatic carbocycles. The number of hydrogen-bond acceptors (Lipinski definition) is 4. The van der Waals surface area contributed by atoms with Gasteiger partial charge in [0.2, 0.25) is 11.8 Å². The van der Waals surface area contributed by atoms with Gasteiger partial charge in [-0.15, -0.1) is 11.8 Å². The van der Waals surface area contributed by atoms with Crippen LogP contribution < -0.4 is 10.1 Å². The molecule has 0 aliphatic heterocycles. The first-order valence-electron chi connectivity index (χ1n) is 6.32. The second kappa shape index (κ2) is 7.64. The quantitative estimate of drug-likeness (QED) is 0.834. The molecule has 0 radical (unpaired) electrons. The Balaban J connectivity index is 1.78. The Hall–Kier alpha value is -2.08. The van der Waals surface area contributed by atoms with Crippen molar-refractivity contribution in [2.75, 3.05) is 12.9 Å². The van der Waals surface area contributed by atoms with Crippen LogP contribution in [0.4, 0.5) is 4.39 Å². The lowest BCUT2D eigenvalue weighted by Gasteiger charge is -2.06. The minimum atomic E-state index is -0.311. The number of aromatic nitrogens is 1. The maximum atomic E-state index is 13.4. The van der Waals surface area contributed by atoms with Gasteiger partial charge in [-0.05, 0) is 17.7 Å². The van der Waals surface area contributed by atoms with Crippen molar-refractivity contribution in [3.8, 4) is 5.88 Å². The van der Waals surface area contributed by atoms with Crippen LogP contribution in [0.25, 0.3) is 0 Å². The topological polar surface area (TPSA) is 51.2 Å². The fourth-order valence-electron chi connectivity index (χ4n) is 1.59. The number of pyridine rings is 1. The summed E-state index contributed by atoms with van der Waals surface area (Å²) in [5.74, 6) is 0.235. The number of ether oxygens (including phenoxy) is 1. The summed E-state index contributed by atoms with van der Waals surface area (Å²) in [7, 11) is 1.55. The van der Waals surface area contributed by atoms with Gasteiger partial charge < -0.3 is 10.1 Å². The molecule has 0 spiro atoms. The van der Waals surface area contributed by atoms with Crippen molar-refractivity contribution in [3.05, 3.63) is 54.0 Å². The third-order valence-electron chi connectivity index (χ3n) is 2.69. The predicted molar refractivity (Wildman–Crippen MR) is 79.8 cm³/mol. The van der Waals surface area contributed by atoms with Crippen LogP contribution in [-0.4, -0.2) is 23.8 Å². The van der Waals surface area contributed by atoms with E-state index in [0.717, 1.165) is 5.56 Å². The smallest absolute Gasteiger partial charge is 0.230 e. The first kappa shape index (κ1) is 15.3. The van der Waals surface area contributed by atoms with Gasteiger partial charge in [-0.25, -0.2) is 9.37 Å². The summed E-state index contributed by atoms with van der Waals surface area (Å²) in [6.45, 7) is 0.383. The van der Waals surface area contributed by atoms with Crippen molar-refractivity contribution in [2.24, 2.45) is 0 Å². The van der Waals surface area contributed by atoms with Gasteiger partial charge in [0.1, 0.15) is 5.82 Å². The Morgan fingerprint density at radius 1 is 1.33 bits per heavy atom. The third kappa shape index (κ3) is 4.75. The van der Waals surface area contributed by atoms with Crippen LogP contribution in [0.5, 0.6) is 5.88 Å². The Bertz CT molecular complexity index is 605.